The van der Waals surface area contributed by atoms with E-state index in [9.17, 15) is 4.79 Å². The molecule has 5 nitrogen and oxygen atoms in total. The van der Waals surface area contributed by atoms with Crippen LogP contribution in [0.3, 0.4) is 0 Å². The van der Waals surface area contributed by atoms with Gasteiger partial charge >= 0.3 is 0 Å². The van der Waals surface area contributed by atoms with E-state index in [4.69, 9.17) is 16.3 Å². The van der Waals surface area contributed by atoms with Crippen molar-refractivity contribution >= 4 is 34.2 Å². The molecule has 0 unspecified atom stereocenters. The maximum atomic E-state index is 12.6. The van der Waals surface area contributed by atoms with E-state index in [2.05, 4.69) is 46.5 Å². The first-order valence-electron chi connectivity index (χ1n) is 9.03. The maximum absolute atomic E-state index is 12.6. The number of carbonyl (C=O) groups excluding carboxylic acids is 1. The molecule has 144 valence electrons. The van der Waals surface area contributed by atoms with Crippen LogP contribution in [0.4, 0.5) is 5.69 Å². The number of methoxy groups -OCH3 is 1. The van der Waals surface area contributed by atoms with Crippen LogP contribution < -0.4 is 10.1 Å². The van der Waals surface area contributed by atoms with Gasteiger partial charge in [0.15, 0.2) is 5.15 Å². The number of nitrogens with one attached hydrogen (secondary N) is 1. The molecule has 1 N–H and O–H groups in total. The summed E-state index contributed by atoms with van der Waals surface area (Å²) in [5.74, 6) is 0.0445. The van der Waals surface area contributed by atoms with Crippen LogP contribution in [0.2, 0.25) is 5.15 Å². The molecule has 6 heteroatoms. The minimum absolute atomic E-state index is 0.199. The summed E-state index contributed by atoms with van der Waals surface area (Å²) >= 11 is 6.00. The van der Waals surface area contributed by atoms with Crippen LogP contribution in [0.5, 0.6) is 5.88 Å². The average molecular weight is 404 g/mol. The fraction of sp³-hybridized carbons (Fsp3) is 0.0870. The Labute approximate surface area is 173 Å². The van der Waals surface area contributed by atoms with Gasteiger partial charge in [-0.1, -0.05) is 53.6 Å². The lowest BCUT2D eigenvalue weighted by Gasteiger charge is -2.08. The van der Waals surface area contributed by atoms with E-state index in [0.717, 1.165) is 11.1 Å². The number of nitrogens with zero attached hydrogens (tertiary/aromatic N) is 2. The van der Waals surface area contributed by atoms with E-state index >= 15 is 0 Å². The van der Waals surface area contributed by atoms with Crippen LogP contribution in [0, 0.1) is 6.92 Å². The quantitative estimate of drug-likeness (QED) is 0.487. The smallest absolute Gasteiger partial charge is 0.255 e. The molecule has 1 aromatic heterocycles. The summed E-state index contributed by atoms with van der Waals surface area (Å²) < 4.78 is 5.10. The van der Waals surface area contributed by atoms with Crippen molar-refractivity contribution in [1.29, 1.82) is 0 Å². The van der Waals surface area contributed by atoms with Crippen molar-refractivity contribution in [1.82, 2.24) is 9.97 Å². The number of amides is 1. The van der Waals surface area contributed by atoms with Crippen molar-refractivity contribution in [3.63, 3.8) is 0 Å². The minimum Gasteiger partial charge on any atom is -0.479 e. The number of rotatable bonds is 4. The van der Waals surface area contributed by atoms with Gasteiger partial charge < -0.3 is 10.1 Å². The number of ether oxygens (including phenoxy) is 1. The Morgan fingerprint density at radius 3 is 2.21 bits per heavy atom. The van der Waals surface area contributed by atoms with Crippen LogP contribution in [0.25, 0.3) is 22.2 Å². The summed E-state index contributed by atoms with van der Waals surface area (Å²) in [4.78, 5) is 21.2. The van der Waals surface area contributed by atoms with Crippen molar-refractivity contribution in [3.05, 3.63) is 83.0 Å². The lowest BCUT2D eigenvalue weighted by atomic mass is 10.0. The van der Waals surface area contributed by atoms with Crippen LogP contribution in [0.15, 0.2) is 66.7 Å². The van der Waals surface area contributed by atoms with Crippen LogP contribution in [-0.2, 0) is 0 Å². The van der Waals surface area contributed by atoms with E-state index in [1.165, 1.54) is 12.7 Å². The summed E-state index contributed by atoms with van der Waals surface area (Å²) in [5.41, 5.74) is 5.78. The zero-order valence-corrected chi connectivity index (χ0v) is 16.7. The number of fused-ring (bicyclic) bond motifs is 1. The Balaban J connectivity index is 1.54. The Kier molecular flexibility index (Phi) is 5.14. The molecule has 0 atom stereocenters. The summed E-state index contributed by atoms with van der Waals surface area (Å²) in [7, 11) is 1.48. The van der Waals surface area contributed by atoms with Gasteiger partial charge in [0.2, 0.25) is 0 Å². The van der Waals surface area contributed by atoms with E-state index in [0.29, 0.717) is 22.3 Å². The number of benzene rings is 3. The molecule has 4 aromatic rings. The zero-order valence-electron chi connectivity index (χ0n) is 15.9. The summed E-state index contributed by atoms with van der Waals surface area (Å²) in [6, 6.07) is 21.0. The molecule has 4 rings (SSSR count). The standard InChI is InChI=1S/C23H18ClN3O2/c1-14-3-5-15(6-4-14)16-7-9-17(10-8-16)22(28)25-18-11-12-19-20(13-18)27-23(29-2)21(24)26-19/h3-13H,1-2H3,(H,25,28). The second-order valence-electron chi connectivity index (χ2n) is 6.62. The molecule has 0 spiro atoms. The number of aromatic nitrogens is 2. The van der Waals surface area contributed by atoms with E-state index in [1.807, 2.05) is 24.3 Å². The van der Waals surface area contributed by atoms with Gasteiger partial charge in [0.1, 0.15) is 0 Å². The van der Waals surface area contributed by atoms with Crippen molar-refractivity contribution in [2.45, 2.75) is 6.92 Å². The number of carbonyl (C=O) groups is 1. The second kappa shape index (κ2) is 7.89. The molecule has 29 heavy (non-hydrogen) atoms. The van der Waals surface area contributed by atoms with Crippen LogP contribution >= 0.6 is 11.6 Å². The second-order valence-corrected chi connectivity index (χ2v) is 6.98. The molecule has 0 aliphatic heterocycles. The third-order valence-corrected chi connectivity index (χ3v) is 4.82. The molecule has 0 aliphatic rings. The summed E-state index contributed by atoms with van der Waals surface area (Å²) in [6.45, 7) is 2.06. The molecule has 0 bridgehead atoms. The Bertz CT molecular complexity index is 1190. The van der Waals surface area contributed by atoms with Gasteiger partial charge in [0.25, 0.3) is 11.8 Å². The van der Waals surface area contributed by atoms with E-state index in [1.54, 1.807) is 18.2 Å². The third kappa shape index (κ3) is 4.05. The SMILES string of the molecule is COc1nc2cc(NC(=O)c3ccc(-c4ccc(C)cc4)cc3)ccc2nc1Cl. The first-order chi connectivity index (χ1) is 14.0. The van der Waals surface area contributed by atoms with Gasteiger partial charge in [-0.15, -0.1) is 0 Å². The summed E-state index contributed by atoms with van der Waals surface area (Å²) in [5, 5.41) is 3.09. The van der Waals surface area contributed by atoms with Crippen LogP contribution in [-0.4, -0.2) is 23.0 Å². The molecular formula is C23H18ClN3O2. The molecule has 0 aliphatic carbocycles. The first kappa shape index (κ1) is 18.9. The molecular weight excluding hydrogens is 386 g/mol. The lowest BCUT2D eigenvalue weighted by Crippen LogP contribution is -2.11. The number of hydrogen-bond acceptors (Lipinski definition) is 4. The number of aryl methyl sites for hydroxylation is 1. The van der Waals surface area contributed by atoms with Gasteiger partial charge in [-0.2, -0.15) is 0 Å². The minimum atomic E-state index is -0.200. The number of halogens is 1. The van der Waals surface area contributed by atoms with Gasteiger partial charge in [0.05, 0.1) is 18.1 Å². The highest BCUT2D eigenvalue weighted by Gasteiger charge is 2.10. The van der Waals surface area contributed by atoms with Crippen molar-refractivity contribution in [3.8, 4) is 17.0 Å². The van der Waals surface area contributed by atoms with Gasteiger partial charge in [0, 0.05) is 11.3 Å². The van der Waals surface area contributed by atoms with E-state index < -0.39 is 0 Å². The molecule has 1 amide bonds. The molecule has 0 saturated heterocycles. The number of anilines is 1. The Hall–Kier alpha value is -3.44. The monoisotopic (exact) mass is 403 g/mol. The highest BCUT2D eigenvalue weighted by atomic mass is 35.5. The molecule has 0 fully saturated rings. The van der Waals surface area contributed by atoms with Gasteiger partial charge in [-0.25, -0.2) is 9.97 Å². The zero-order chi connectivity index (χ0) is 20.4. The fourth-order valence-corrected chi connectivity index (χ4v) is 3.20. The van der Waals surface area contributed by atoms with Gasteiger partial charge in [-0.05, 0) is 48.4 Å². The normalized spacial score (nSPS) is 10.7. The Morgan fingerprint density at radius 1 is 0.897 bits per heavy atom. The average Bonchev–Trinajstić information content (AvgIpc) is 2.74. The largest absolute Gasteiger partial charge is 0.479 e. The maximum Gasteiger partial charge on any atom is 0.255 e. The first-order valence-corrected chi connectivity index (χ1v) is 9.41. The highest BCUT2D eigenvalue weighted by molar-refractivity contribution is 6.31. The predicted octanol–water partition coefficient (Wildman–Crippen LogP) is 5.52. The molecule has 1 heterocycles. The lowest BCUT2D eigenvalue weighted by molar-refractivity contribution is 0.102. The highest BCUT2D eigenvalue weighted by Crippen LogP contribution is 2.25. The third-order valence-electron chi connectivity index (χ3n) is 4.58. The predicted molar refractivity (Wildman–Crippen MR) is 116 cm³/mol. The fourth-order valence-electron chi connectivity index (χ4n) is 2.99. The van der Waals surface area contributed by atoms with Gasteiger partial charge in [-0.3, -0.25) is 4.79 Å². The Morgan fingerprint density at radius 2 is 1.55 bits per heavy atom. The number of hydrogen-bond donors (Lipinski definition) is 1. The molecule has 0 radical (unpaired) electrons. The van der Waals surface area contributed by atoms with E-state index in [-0.39, 0.29) is 16.9 Å². The summed E-state index contributed by atoms with van der Waals surface area (Å²) in [6.07, 6.45) is 0. The van der Waals surface area contributed by atoms with Crippen molar-refractivity contribution in [2.24, 2.45) is 0 Å². The van der Waals surface area contributed by atoms with Crippen LogP contribution in [0.1, 0.15) is 15.9 Å². The topological polar surface area (TPSA) is 64.1 Å². The van der Waals surface area contributed by atoms with Crippen molar-refractivity contribution in [2.75, 3.05) is 12.4 Å². The van der Waals surface area contributed by atoms with Crippen molar-refractivity contribution < 1.29 is 9.53 Å². The molecule has 0 saturated carbocycles. The molecule has 3 aromatic carbocycles.